The van der Waals surface area contributed by atoms with Crippen LogP contribution in [-0.4, -0.2) is 65.8 Å². The fourth-order valence-corrected chi connectivity index (χ4v) is 3.65. The number of rotatable bonds is 4. The van der Waals surface area contributed by atoms with Crippen molar-refractivity contribution in [3.8, 4) is 0 Å². The van der Waals surface area contributed by atoms with Gasteiger partial charge in [-0.1, -0.05) is 19.0 Å². The van der Waals surface area contributed by atoms with Crippen LogP contribution in [0.3, 0.4) is 0 Å². The molecule has 2 saturated heterocycles. The number of nitrogens with zero attached hydrogens (tertiary/aromatic N) is 3. The van der Waals surface area contributed by atoms with E-state index in [9.17, 15) is 4.79 Å². The van der Waals surface area contributed by atoms with Gasteiger partial charge in [0.1, 0.15) is 5.76 Å². The molecule has 0 saturated carbocycles. The van der Waals surface area contributed by atoms with Crippen molar-refractivity contribution in [3.05, 3.63) is 17.5 Å². The number of carbonyl (C=O) groups is 1. The summed E-state index contributed by atoms with van der Waals surface area (Å²) in [7, 11) is 0. The van der Waals surface area contributed by atoms with Gasteiger partial charge in [0.05, 0.1) is 19.3 Å². The topological polar surface area (TPSA) is 58.8 Å². The number of likely N-dealkylation sites (tertiary alicyclic amines) is 1. The van der Waals surface area contributed by atoms with Crippen LogP contribution in [0.1, 0.15) is 30.1 Å². The minimum Gasteiger partial charge on any atom is -0.379 e. The van der Waals surface area contributed by atoms with E-state index in [1.165, 1.54) is 0 Å². The Hall–Kier alpha value is -1.40. The maximum Gasteiger partial charge on any atom is 0.276 e. The second-order valence-electron chi connectivity index (χ2n) is 5.84. The zero-order chi connectivity index (χ0) is 15.0. The fourth-order valence-electron chi connectivity index (χ4n) is 3.65. The number of ether oxygens (including phenoxy) is 1. The molecule has 2 fully saturated rings. The lowest BCUT2D eigenvalue weighted by atomic mass is 9.98. The molecule has 3 rings (SSSR count). The molecule has 0 bridgehead atoms. The third-order valence-electron chi connectivity index (χ3n) is 4.76. The molecule has 6 heteroatoms. The van der Waals surface area contributed by atoms with Crippen molar-refractivity contribution in [2.45, 2.75) is 32.9 Å². The number of aryl methyl sites for hydroxylation is 1. The predicted octanol–water partition coefficient (Wildman–Crippen LogP) is 1.16. The Labute approximate surface area is 125 Å². The van der Waals surface area contributed by atoms with Crippen molar-refractivity contribution in [3.63, 3.8) is 0 Å². The largest absolute Gasteiger partial charge is 0.379 e. The standard InChI is InChI=1S/C15H23N3O3/c1-4-17(5-2)13-7-18(14-9-20-8-11(13)14)15(19)12-6-10(3)21-16-12/h6,11,13-14H,4-5,7-9H2,1-3H3/t11-,13-,14-/m0/s1. The normalized spacial score (nSPS) is 28.4. The summed E-state index contributed by atoms with van der Waals surface area (Å²) in [6, 6.07) is 2.25. The molecule has 2 aliphatic heterocycles. The summed E-state index contributed by atoms with van der Waals surface area (Å²) in [5.41, 5.74) is 0.401. The third-order valence-corrected chi connectivity index (χ3v) is 4.76. The van der Waals surface area contributed by atoms with Crippen LogP contribution >= 0.6 is 0 Å². The molecule has 21 heavy (non-hydrogen) atoms. The van der Waals surface area contributed by atoms with Crippen LogP contribution in [-0.2, 0) is 4.74 Å². The number of likely N-dealkylation sites (N-methyl/N-ethyl adjacent to an activating group) is 1. The molecule has 0 aliphatic carbocycles. The van der Waals surface area contributed by atoms with Crippen LogP contribution in [0.15, 0.2) is 10.6 Å². The molecule has 0 unspecified atom stereocenters. The molecule has 1 aromatic heterocycles. The van der Waals surface area contributed by atoms with Gasteiger partial charge in [0.2, 0.25) is 0 Å². The van der Waals surface area contributed by atoms with E-state index >= 15 is 0 Å². The van der Waals surface area contributed by atoms with Gasteiger partial charge in [0, 0.05) is 24.6 Å². The summed E-state index contributed by atoms with van der Waals surface area (Å²) in [5, 5.41) is 3.86. The second kappa shape index (κ2) is 5.77. The van der Waals surface area contributed by atoms with Gasteiger partial charge in [0.25, 0.3) is 5.91 Å². The van der Waals surface area contributed by atoms with E-state index in [1.807, 2.05) is 4.90 Å². The fraction of sp³-hybridized carbons (Fsp3) is 0.733. The predicted molar refractivity (Wildman–Crippen MR) is 77.1 cm³/mol. The molecule has 0 aromatic carbocycles. The zero-order valence-corrected chi connectivity index (χ0v) is 12.9. The molecule has 3 atom stereocenters. The van der Waals surface area contributed by atoms with Crippen LogP contribution in [0.4, 0.5) is 0 Å². The van der Waals surface area contributed by atoms with Gasteiger partial charge in [0.15, 0.2) is 5.69 Å². The first-order valence-corrected chi connectivity index (χ1v) is 7.71. The Morgan fingerprint density at radius 3 is 2.81 bits per heavy atom. The van der Waals surface area contributed by atoms with Crippen molar-refractivity contribution < 1.29 is 14.1 Å². The summed E-state index contributed by atoms with van der Waals surface area (Å²) in [6.07, 6.45) is 0. The molecule has 1 amide bonds. The lowest BCUT2D eigenvalue weighted by Gasteiger charge is -2.29. The van der Waals surface area contributed by atoms with Gasteiger partial charge < -0.3 is 14.2 Å². The lowest BCUT2D eigenvalue weighted by Crippen LogP contribution is -2.42. The Morgan fingerprint density at radius 2 is 2.19 bits per heavy atom. The van der Waals surface area contributed by atoms with Crippen LogP contribution in [0, 0.1) is 12.8 Å². The first-order valence-electron chi connectivity index (χ1n) is 7.71. The van der Waals surface area contributed by atoms with Gasteiger partial charge in [-0.2, -0.15) is 0 Å². The number of carbonyl (C=O) groups excluding carboxylic acids is 1. The highest BCUT2D eigenvalue weighted by atomic mass is 16.5. The number of fused-ring (bicyclic) bond motifs is 1. The maximum absolute atomic E-state index is 12.7. The SMILES string of the molecule is CCN(CC)[C@H]1CN(C(=O)c2cc(C)on2)[C@H]2COC[C@@H]12. The van der Waals surface area contributed by atoms with Crippen LogP contribution in [0.2, 0.25) is 0 Å². The molecule has 0 spiro atoms. The van der Waals surface area contributed by atoms with E-state index in [0.29, 0.717) is 30.0 Å². The van der Waals surface area contributed by atoms with E-state index in [2.05, 4.69) is 23.9 Å². The number of hydrogen-bond acceptors (Lipinski definition) is 5. The molecule has 6 nitrogen and oxygen atoms in total. The Balaban J connectivity index is 1.81. The maximum atomic E-state index is 12.7. The van der Waals surface area contributed by atoms with Gasteiger partial charge in [-0.15, -0.1) is 0 Å². The van der Waals surface area contributed by atoms with E-state index in [0.717, 1.165) is 26.2 Å². The number of aromatic nitrogens is 1. The van der Waals surface area contributed by atoms with Crippen molar-refractivity contribution in [1.82, 2.24) is 15.0 Å². The molecule has 0 radical (unpaired) electrons. The van der Waals surface area contributed by atoms with Crippen molar-refractivity contribution in [2.75, 3.05) is 32.8 Å². The van der Waals surface area contributed by atoms with Crippen LogP contribution in [0.5, 0.6) is 0 Å². The minimum atomic E-state index is -0.0398. The highest BCUT2D eigenvalue weighted by Gasteiger charge is 2.49. The molecule has 116 valence electrons. The molecule has 0 N–H and O–H groups in total. The summed E-state index contributed by atoms with van der Waals surface area (Å²) in [5.74, 6) is 1.03. The molecule has 2 aliphatic rings. The molecule has 3 heterocycles. The molecule has 1 aromatic rings. The lowest BCUT2D eigenvalue weighted by molar-refractivity contribution is 0.0656. The van der Waals surface area contributed by atoms with E-state index in [-0.39, 0.29) is 11.9 Å². The minimum absolute atomic E-state index is 0.0398. The van der Waals surface area contributed by atoms with Gasteiger partial charge in [-0.3, -0.25) is 9.69 Å². The quantitative estimate of drug-likeness (QED) is 0.834. The highest BCUT2D eigenvalue weighted by molar-refractivity contribution is 5.92. The van der Waals surface area contributed by atoms with Gasteiger partial charge >= 0.3 is 0 Å². The van der Waals surface area contributed by atoms with E-state index < -0.39 is 0 Å². The summed E-state index contributed by atoms with van der Waals surface area (Å²) < 4.78 is 10.7. The van der Waals surface area contributed by atoms with E-state index in [4.69, 9.17) is 9.26 Å². The number of hydrogen-bond donors (Lipinski definition) is 0. The number of amides is 1. The van der Waals surface area contributed by atoms with Crippen LogP contribution < -0.4 is 0 Å². The van der Waals surface area contributed by atoms with Gasteiger partial charge in [-0.05, 0) is 20.0 Å². The average molecular weight is 293 g/mol. The summed E-state index contributed by atoms with van der Waals surface area (Å²) in [4.78, 5) is 17.0. The Morgan fingerprint density at radius 1 is 1.43 bits per heavy atom. The summed E-state index contributed by atoms with van der Waals surface area (Å²) >= 11 is 0. The van der Waals surface area contributed by atoms with Crippen molar-refractivity contribution in [2.24, 2.45) is 5.92 Å². The Kier molecular flexibility index (Phi) is 3.99. The summed E-state index contributed by atoms with van der Waals surface area (Å²) in [6.45, 7) is 10.3. The second-order valence-corrected chi connectivity index (χ2v) is 5.84. The average Bonchev–Trinajstić information content (AvgIpc) is 3.16. The van der Waals surface area contributed by atoms with Crippen molar-refractivity contribution in [1.29, 1.82) is 0 Å². The highest BCUT2D eigenvalue weighted by Crippen LogP contribution is 2.34. The monoisotopic (exact) mass is 293 g/mol. The first-order chi connectivity index (χ1) is 10.2. The molecular weight excluding hydrogens is 270 g/mol. The van der Waals surface area contributed by atoms with Gasteiger partial charge in [-0.25, -0.2) is 0 Å². The first kappa shape index (κ1) is 14.5. The van der Waals surface area contributed by atoms with E-state index in [1.54, 1.807) is 13.0 Å². The van der Waals surface area contributed by atoms with Crippen molar-refractivity contribution >= 4 is 5.91 Å². The molecular formula is C15H23N3O3. The third kappa shape index (κ3) is 2.46. The van der Waals surface area contributed by atoms with Crippen LogP contribution in [0.25, 0.3) is 0 Å². The zero-order valence-electron chi connectivity index (χ0n) is 12.9. The Bertz CT molecular complexity index is 512. The smallest absolute Gasteiger partial charge is 0.276 e.